The van der Waals surface area contributed by atoms with Crippen molar-refractivity contribution < 1.29 is 29.3 Å². The lowest BCUT2D eigenvalue weighted by Crippen LogP contribution is -2.14. The summed E-state index contributed by atoms with van der Waals surface area (Å²) in [5, 5.41) is 19.1. The Labute approximate surface area is 180 Å². The molecule has 0 aliphatic rings. The van der Waals surface area contributed by atoms with Gasteiger partial charge in [-0.25, -0.2) is 4.79 Å². The largest absolute Gasteiger partial charge is 0.493 e. The molecule has 0 saturated carbocycles. The molecule has 30 heavy (non-hydrogen) atoms. The quantitative estimate of drug-likeness (QED) is 0.311. The Balaban J connectivity index is 2.60. The zero-order chi connectivity index (χ0) is 22.5. The first-order valence-electron chi connectivity index (χ1n) is 11.0. The van der Waals surface area contributed by atoms with Crippen LogP contribution in [0.15, 0.2) is 12.1 Å². The molecule has 6 heteroatoms. The zero-order valence-electron chi connectivity index (χ0n) is 18.9. The van der Waals surface area contributed by atoms with Crippen LogP contribution in [0.1, 0.15) is 99.9 Å². The molecule has 0 bridgehead atoms. The topological polar surface area (TPSA) is 93.1 Å². The second-order valence-corrected chi connectivity index (χ2v) is 8.30. The average molecular weight is 423 g/mol. The van der Waals surface area contributed by atoms with Gasteiger partial charge in [0.15, 0.2) is 11.5 Å². The van der Waals surface area contributed by atoms with Crippen LogP contribution < -0.4 is 9.47 Å². The van der Waals surface area contributed by atoms with Gasteiger partial charge in [0.05, 0.1) is 25.7 Å². The lowest BCUT2D eigenvalue weighted by atomic mass is 9.90. The first kappa shape index (κ1) is 25.8. The minimum absolute atomic E-state index is 0.00799. The second-order valence-electron chi connectivity index (χ2n) is 8.30. The van der Waals surface area contributed by atoms with E-state index in [2.05, 4.69) is 13.8 Å². The number of ether oxygens (including phenoxy) is 2. The van der Waals surface area contributed by atoms with Crippen LogP contribution in [-0.2, 0) is 4.79 Å². The van der Waals surface area contributed by atoms with Crippen molar-refractivity contribution in [2.24, 2.45) is 5.92 Å². The van der Waals surface area contributed by atoms with Gasteiger partial charge in [0.2, 0.25) is 0 Å². The van der Waals surface area contributed by atoms with E-state index in [0.717, 1.165) is 25.2 Å². The number of carboxylic acids is 2. The molecule has 1 rings (SSSR count). The Morgan fingerprint density at radius 2 is 1.37 bits per heavy atom. The van der Waals surface area contributed by atoms with Crippen LogP contribution in [0, 0.1) is 5.92 Å². The van der Waals surface area contributed by atoms with Crippen LogP contribution in [0.3, 0.4) is 0 Å². The normalized spacial score (nSPS) is 12.0. The molecule has 170 valence electrons. The molecule has 0 aliphatic carbocycles. The minimum atomic E-state index is -1.13. The number of carbonyl (C=O) groups is 2. The molecule has 6 nitrogen and oxygen atoms in total. The summed E-state index contributed by atoms with van der Waals surface area (Å²) in [6.07, 6.45) is 10.8. The van der Waals surface area contributed by atoms with Gasteiger partial charge in [-0.3, -0.25) is 4.79 Å². The summed E-state index contributed by atoms with van der Waals surface area (Å²) in [7, 11) is 2.84. The van der Waals surface area contributed by atoms with Crippen LogP contribution in [-0.4, -0.2) is 36.4 Å². The molecule has 1 aromatic carbocycles. The summed E-state index contributed by atoms with van der Waals surface area (Å²) in [4.78, 5) is 23.3. The van der Waals surface area contributed by atoms with E-state index in [4.69, 9.17) is 9.47 Å². The molecule has 0 aliphatic heterocycles. The maximum absolute atomic E-state index is 11.9. The molecule has 1 aromatic rings. The summed E-state index contributed by atoms with van der Waals surface area (Å²) >= 11 is 0. The van der Waals surface area contributed by atoms with E-state index in [0.29, 0.717) is 12.0 Å². The maximum Gasteiger partial charge on any atom is 0.335 e. The second kappa shape index (κ2) is 13.9. The summed E-state index contributed by atoms with van der Waals surface area (Å²) < 4.78 is 10.6. The molecule has 0 amide bonds. The predicted octanol–water partition coefficient (Wildman–Crippen LogP) is 6.13. The third-order valence-electron chi connectivity index (χ3n) is 5.45. The first-order chi connectivity index (χ1) is 14.3. The molecule has 1 unspecified atom stereocenters. The number of benzene rings is 1. The van der Waals surface area contributed by atoms with Crippen molar-refractivity contribution in [3.05, 3.63) is 23.3 Å². The highest BCUT2D eigenvalue weighted by Crippen LogP contribution is 2.39. The first-order valence-corrected chi connectivity index (χ1v) is 11.0. The predicted molar refractivity (Wildman–Crippen MR) is 118 cm³/mol. The highest BCUT2D eigenvalue weighted by molar-refractivity contribution is 5.90. The lowest BCUT2D eigenvalue weighted by Gasteiger charge is -2.19. The van der Waals surface area contributed by atoms with Crippen LogP contribution in [0.4, 0.5) is 0 Å². The Morgan fingerprint density at radius 1 is 0.833 bits per heavy atom. The van der Waals surface area contributed by atoms with Crippen LogP contribution in [0.5, 0.6) is 11.5 Å². The van der Waals surface area contributed by atoms with E-state index in [9.17, 15) is 19.8 Å². The summed E-state index contributed by atoms with van der Waals surface area (Å²) in [6, 6.07) is 2.74. The fourth-order valence-electron chi connectivity index (χ4n) is 3.75. The molecule has 0 radical (unpaired) electrons. The number of methoxy groups -OCH3 is 2. The Kier molecular flexibility index (Phi) is 11.9. The Bertz CT molecular complexity index is 668. The molecule has 0 saturated heterocycles. The van der Waals surface area contributed by atoms with Gasteiger partial charge in [0, 0.05) is 5.56 Å². The molecule has 1 atom stereocenters. The van der Waals surface area contributed by atoms with Crippen molar-refractivity contribution in [3.63, 3.8) is 0 Å². The number of unbranched alkanes of at least 4 members (excludes halogenated alkanes) is 7. The summed E-state index contributed by atoms with van der Waals surface area (Å²) in [5.74, 6) is -1.64. The van der Waals surface area contributed by atoms with Gasteiger partial charge in [0.25, 0.3) is 0 Å². The van der Waals surface area contributed by atoms with E-state index in [1.807, 2.05) is 0 Å². The third kappa shape index (κ3) is 8.64. The van der Waals surface area contributed by atoms with Gasteiger partial charge in [-0.2, -0.15) is 0 Å². The fraction of sp³-hybridized carbons (Fsp3) is 0.667. The van der Waals surface area contributed by atoms with Gasteiger partial charge in [-0.15, -0.1) is 0 Å². The number of aliphatic carboxylic acids is 1. The molecule has 2 N–H and O–H groups in total. The van der Waals surface area contributed by atoms with Gasteiger partial charge in [-0.1, -0.05) is 71.6 Å². The molecule has 0 heterocycles. The van der Waals surface area contributed by atoms with Gasteiger partial charge < -0.3 is 19.7 Å². The summed E-state index contributed by atoms with van der Waals surface area (Å²) in [6.45, 7) is 4.52. The van der Waals surface area contributed by atoms with Gasteiger partial charge >= 0.3 is 11.9 Å². The van der Waals surface area contributed by atoms with E-state index in [-0.39, 0.29) is 17.1 Å². The average Bonchev–Trinajstić information content (AvgIpc) is 2.70. The van der Waals surface area contributed by atoms with Crippen molar-refractivity contribution in [1.29, 1.82) is 0 Å². The molecular formula is C24H38O6. The highest BCUT2D eigenvalue weighted by Gasteiger charge is 2.27. The smallest absolute Gasteiger partial charge is 0.335 e. The zero-order valence-corrected chi connectivity index (χ0v) is 18.9. The van der Waals surface area contributed by atoms with Crippen LogP contribution in [0.2, 0.25) is 0 Å². The molecule has 0 fully saturated rings. The summed E-state index contributed by atoms with van der Waals surface area (Å²) in [5.41, 5.74) is 0.346. The standard InChI is InChI=1S/C24H38O6/c1-17(2)13-11-9-7-5-6-8-10-12-14-19(24(27)28)20-15-18(23(25)26)16-21(29-3)22(20)30-4/h15-17,19H,5-14H2,1-4H3,(H,25,26)(H,27,28). The van der Waals surface area contributed by atoms with Crippen molar-refractivity contribution in [1.82, 2.24) is 0 Å². The number of aromatic carboxylic acids is 1. The Morgan fingerprint density at radius 3 is 1.80 bits per heavy atom. The number of hydrogen-bond donors (Lipinski definition) is 2. The van der Waals surface area contributed by atoms with Gasteiger partial charge in [-0.05, 0) is 24.5 Å². The van der Waals surface area contributed by atoms with E-state index >= 15 is 0 Å². The number of rotatable bonds is 16. The maximum atomic E-state index is 11.9. The monoisotopic (exact) mass is 422 g/mol. The van der Waals surface area contributed by atoms with Crippen LogP contribution >= 0.6 is 0 Å². The van der Waals surface area contributed by atoms with Gasteiger partial charge in [0.1, 0.15) is 0 Å². The third-order valence-corrected chi connectivity index (χ3v) is 5.45. The Hall–Kier alpha value is -2.24. The van der Waals surface area contributed by atoms with Crippen molar-refractivity contribution in [2.45, 2.75) is 84.0 Å². The SMILES string of the molecule is COc1cc(C(=O)O)cc(C(CCCCCCCCCCC(C)C)C(=O)O)c1OC. The minimum Gasteiger partial charge on any atom is -0.493 e. The fourth-order valence-corrected chi connectivity index (χ4v) is 3.75. The lowest BCUT2D eigenvalue weighted by molar-refractivity contribution is -0.139. The molecule has 0 aromatic heterocycles. The van der Waals surface area contributed by atoms with E-state index < -0.39 is 17.9 Å². The van der Waals surface area contributed by atoms with Crippen molar-refractivity contribution in [2.75, 3.05) is 14.2 Å². The van der Waals surface area contributed by atoms with E-state index in [1.165, 1.54) is 64.9 Å². The highest BCUT2D eigenvalue weighted by atomic mass is 16.5. The number of hydrogen-bond acceptors (Lipinski definition) is 4. The van der Waals surface area contributed by atoms with Crippen molar-refractivity contribution >= 4 is 11.9 Å². The van der Waals surface area contributed by atoms with E-state index in [1.54, 1.807) is 0 Å². The number of carboxylic acid groups (broad SMARTS) is 2. The van der Waals surface area contributed by atoms with Crippen LogP contribution in [0.25, 0.3) is 0 Å². The van der Waals surface area contributed by atoms with Crippen molar-refractivity contribution in [3.8, 4) is 11.5 Å². The molecule has 0 spiro atoms. The molecular weight excluding hydrogens is 384 g/mol.